The molecule has 0 saturated heterocycles. The maximum Gasteiger partial charge on any atom is 0.534 e. The standard InChI is InChI=1S/C21H13F7O4S/c22-19(23,14-7-6-10-16(13-14)32-33(29,30)21(26,27)28)20(24,25)17-11-4-5-12-18(17)31-15-8-2-1-3-9-15/h1-13H. The Bertz CT molecular complexity index is 1230. The summed E-state index contributed by atoms with van der Waals surface area (Å²) >= 11 is 0. The summed E-state index contributed by atoms with van der Waals surface area (Å²) in [5.41, 5.74) is -8.52. The predicted molar refractivity (Wildman–Crippen MR) is 103 cm³/mol. The molecule has 3 rings (SSSR count). The van der Waals surface area contributed by atoms with Gasteiger partial charge in [0.05, 0.1) is 5.56 Å². The maximum absolute atomic E-state index is 15.1. The Morgan fingerprint density at radius 3 is 1.85 bits per heavy atom. The second-order valence-electron chi connectivity index (χ2n) is 6.57. The molecule has 0 unspecified atom stereocenters. The Morgan fingerprint density at radius 1 is 0.636 bits per heavy atom. The monoisotopic (exact) mass is 494 g/mol. The number of hydrogen-bond acceptors (Lipinski definition) is 4. The molecule has 3 aromatic rings. The van der Waals surface area contributed by atoms with Crippen LogP contribution in [0.2, 0.25) is 0 Å². The third-order valence-electron chi connectivity index (χ3n) is 4.28. The van der Waals surface area contributed by atoms with Crippen molar-refractivity contribution in [2.75, 3.05) is 0 Å². The molecule has 0 aliphatic carbocycles. The van der Waals surface area contributed by atoms with Crippen molar-refractivity contribution in [3.8, 4) is 17.2 Å². The van der Waals surface area contributed by atoms with Gasteiger partial charge in [0.25, 0.3) is 0 Å². The zero-order valence-electron chi connectivity index (χ0n) is 16.2. The number of halogens is 7. The van der Waals surface area contributed by atoms with Gasteiger partial charge in [0, 0.05) is 5.56 Å². The highest BCUT2D eigenvalue weighted by molar-refractivity contribution is 7.88. The lowest BCUT2D eigenvalue weighted by molar-refractivity contribution is -0.224. The zero-order valence-corrected chi connectivity index (χ0v) is 17.0. The second-order valence-corrected chi connectivity index (χ2v) is 8.11. The van der Waals surface area contributed by atoms with Crippen LogP contribution in [0.15, 0.2) is 78.9 Å². The summed E-state index contributed by atoms with van der Waals surface area (Å²) < 4.78 is 129. The molecule has 0 bridgehead atoms. The van der Waals surface area contributed by atoms with E-state index in [4.69, 9.17) is 4.74 Å². The summed E-state index contributed by atoms with van der Waals surface area (Å²) in [6, 6.07) is 13.5. The van der Waals surface area contributed by atoms with Crippen molar-refractivity contribution in [3.63, 3.8) is 0 Å². The van der Waals surface area contributed by atoms with Crippen molar-refractivity contribution in [1.82, 2.24) is 0 Å². The molecule has 0 aliphatic heterocycles. The van der Waals surface area contributed by atoms with E-state index in [-0.39, 0.29) is 11.8 Å². The molecule has 0 aliphatic rings. The summed E-state index contributed by atoms with van der Waals surface area (Å²) in [5.74, 6) is -11.6. The number of hydrogen-bond donors (Lipinski definition) is 0. The first-order chi connectivity index (χ1) is 15.3. The first kappa shape index (κ1) is 24.4. The van der Waals surface area contributed by atoms with E-state index in [1.807, 2.05) is 0 Å². The van der Waals surface area contributed by atoms with Gasteiger partial charge in [0.15, 0.2) is 0 Å². The molecule has 0 radical (unpaired) electrons. The molecular formula is C21H13F7O4S. The fourth-order valence-corrected chi connectivity index (χ4v) is 3.15. The SMILES string of the molecule is O=S(=O)(Oc1cccc(C(F)(F)C(F)(F)c2ccccc2Oc2ccccc2)c1)C(F)(F)F. The third kappa shape index (κ3) is 4.90. The van der Waals surface area contributed by atoms with Crippen LogP contribution in [-0.4, -0.2) is 13.9 Å². The molecule has 0 N–H and O–H groups in total. The summed E-state index contributed by atoms with van der Waals surface area (Å²) in [5, 5.41) is 0. The van der Waals surface area contributed by atoms with Crippen molar-refractivity contribution in [3.05, 3.63) is 90.0 Å². The van der Waals surface area contributed by atoms with E-state index < -0.39 is 50.1 Å². The fraction of sp³-hybridized carbons (Fsp3) is 0.143. The lowest BCUT2D eigenvalue weighted by Gasteiger charge is -2.28. The average molecular weight is 494 g/mol. The van der Waals surface area contributed by atoms with E-state index in [0.717, 1.165) is 12.1 Å². The van der Waals surface area contributed by atoms with Gasteiger partial charge in [-0.25, -0.2) is 0 Å². The van der Waals surface area contributed by atoms with Gasteiger partial charge in [0.1, 0.15) is 17.2 Å². The van der Waals surface area contributed by atoms with Crippen molar-refractivity contribution in [1.29, 1.82) is 0 Å². The van der Waals surface area contributed by atoms with Crippen LogP contribution in [0, 0.1) is 0 Å². The lowest BCUT2D eigenvalue weighted by atomic mass is 9.95. The first-order valence-corrected chi connectivity index (χ1v) is 10.4. The first-order valence-electron chi connectivity index (χ1n) is 8.95. The van der Waals surface area contributed by atoms with Gasteiger partial charge in [-0.15, -0.1) is 0 Å². The quantitative estimate of drug-likeness (QED) is 0.211. The summed E-state index contributed by atoms with van der Waals surface area (Å²) in [6.07, 6.45) is 0. The highest BCUT2D eigenvalue weighted by atomic mass is 32.2. The van der Waals surface area contributed by atoms with E-state index in [1.165, 1.54) is 30.3 Å². The Hall–Kier alpha value is -3.28. The van der Waals surface area contributed by atoms with Crippen molar-refractivity contribution < 1.29 is 48.1 Å². The number of rotatable bonds is 7. The number of para-hydroxylation sites is 2. The van der Waals surface area contributed by atoms with Crippen molar-refractivity contribution >= 4 is 10.1 Å². The van der Waals surface area contributed by atoms with E-state index in [1.54, 1.807) is 6.07 Å². The van der Waals surface area contributed by atoms with E-state index in [9.17, 15) is 30.4 Å². The Balaban J connectivity index is 2.00. The molecular weight excluding hydrogens is 481 g/mol. The Morgan fingerprint density at radius 2 is 1.21 bits per heavy atom. The van der Waals surface area contributed by atoms with Gasteiger partial charge < -0.3 is 8.92 Å². The van der Waals surface area contributed by atoms with Crippen LogP contribution in [0.25, 0.3) is 0 Å². The molecule has 0 atom stereocenters. The molecule has 0 amide bonds. The smallest absolute Gasteiger partial charge is 0.457 e. The van der Waals surface area contributed by atoms with E-state index in [2.05, 4.69) is 4.18 Å². The van der Waals surface area contributed by atoms with Gasteiger partial charge in [-0.05, 0) is 36.4 Å². The third-order valence-corrected chi connectivity index (χ3v) is 5.26. The number of ether oxygens (including phenoxy) is 1. The fourth-order valence-electron chi connectivity index (χ4n) is 2.70. The molecule has 0 saturated carbocycles. The highest BCUT2D eigenvalue weighted by Crippen LogP contribution is 2.52. The lowest BCUT2D eigenvalue weighted by Crippen LogP contribution is -2.36. The summed E-state index contributed by atoms with van der Waals surface area (Å²) in [7, 11) is -6.19. The van der Waals surface area contributed by atoms with E-state index in [0.29, 0.717) is 24.3 Å². The van der Waals surface area contributed by atoms with Gasteiger partial charge in [-0.3, -0.25) is 0 Å². The molecule has 12 heteroatoms. The molecule has 3 aromatic carbocycles. The molecule has 4 nitrogen and oxygen atoms in total. The summed E-state index contributed by atoms with van der Waals surface area (Å²) in [6.45, 7) is 0. The van der Waals surface area contributed by atoms with E-state index >= 15 is 8.78 Å². The van der Waals surface area contributed by atoms with Crippen molar-refractivity contribution in [2.24, 2.45) is 0 Å². The molecule has 176 valence electrons. The van der Waals surface area contributed by atoms with Crippen LogP contribution >= 0.6 is 0 Å². The highest BCUT2D eigenvalue weighted by Gasteiger charge is 2.60. The maximum atomic E-state index is 15.1. The number of benzene rings is 3. The van der Waals surface area contributed by atoms with Gasteiger partial charge in [-0.2, -0.15) is 39.2 Å². The predicted octanol–water partition coefficient (Wildman–Crippen LogP) is 6.59. The largest absolute Gasteiger partial charge is 0.534 e. The second kappa shape index (κ2) is 8.58. The van der Waals surface area contributed by atoms with Crippen LogP contribution in [-0.2, 0) is 22.0 Å². The number of alkyl halides is 7. The van der Waals surface area contributed by atoms with Crippen LogP contribution in [0.4, 0.5) is 30.7 Å². The normalized spacial score (nSPS) is 12.9. The van der Waals surface area contributed by atoms with Crippen molar-refractivity contribution in [2.45, 2.75) is 17.4 Å². The Labute approximate surface area is 183 Å². The van der Waals surface area contributed by atoms with Gasteiger partial charge in [0.2, 0.25) is 0 Å². The minimum absolute atomic E-state index is 0.0943. The van der Waals surface area contributed by atoms with Gasteiger partial charge in [-0.1, -0.05) is 42.5 Å². The Kier molecular flexibility index (Phi) is 6.33. The van der Waals surface area contributed by atoms with Crippen LogP contribution in [0.1, 0.15) is 11.1 Å². The van der Waals surface area contributed by atoms with Gasteiger partial charge >= 0.3 is 27.5 Å². The minimum atomic E-state index is -6.19. The summed E-state index contributed by atoms with van der Waals surface area (Å²) in [4.78, 5) is 0. The zero-order chi connectivity index (χ0) is 24.5. The van der Waals surface area contributed by atoms with Crippen LogP contribution in [0.5, 0.6) is 17.2 Å². The molecule has 0 heterocycles. The van der Waals surface area contributed by atoms with Crippen LogP contribution < -0.4 is 8.92 Å². The van der Waals surface area contributed by atoms with Crippen LogP contribution in [0.3, 0.4) is 0 Å². The minimum Gasteiger partial charge on any atom is -0.457 e. The molecule has 0 fully saturated rings. The molecule has 0 aromatic heterocycles. The molecule has 0 spiro atoms. The average Bonchev–Trinajstić information content (AvgIpc) is 2.74. The molecule has 33 heavy (non-hydrogen) atoms. The topological polar surface area (TPSA) is 52.6 Å².